The van der Waals surface area contributed by atoms with Gasteiger partial charge in [0.2, 0.25) is 5.91 Å². The molecule has 1 heterocycles. The van der Waals surface area contributed by atoms with Crippen LogP contribution in [0.15, 0.2) is 35.7 Å². The number of aliphatic carboxylic acids is 1. The Labute approximate surface area is 184 Å². The van der Waals surface area contributed by atoms with Crippen molar-refractivity contribution in [3.8, 4) is 11.1 Å². The van der Waals surface area contributed by atoms with Gasteiger partial charge in [-0.2, -0.15) is 0 Å². The number of rotatable bonds is 13. The molecule has 2 rings (SSSR count). The maximum absolute atomic E-state index is 12.3. The summed E-state index contributed by atoms with van der Waals surface area (Å²) in [6.45, 7) is 2.83. The monoisotopic (exact) mass is 430 g/mol. The minimum Gasteiger partial charge on any atom is -0.480 e. The molecule has 6 heteroatoms. The highest BCUT2D eigenvalue weighted by atomic mass is 32.1. The molecule has 2 aromatic rings. The lowest BCUT2D eigenvalue weighted by atomic mass is 10.0. The van der Waals surface area contributed by atoms with Gasteiger partial charge in [0.1, 0.15) is 6.04 Å². The Hall–Kier alpha value is -2.18. The Morgan fingerprint density at radius 3 is 2.43 bits per heavy atom. The van der Waals surface area contributed by atoms with Gasteiger partial charge in [0.05, 0.1) is 6.54 Å². The molecule has 0 bridgehead atoms. The number of nitrogens with one attached hydrogen (secondary N) is 1. The predicted octanol–water partition coefficient (Wildman–Crippen LogP) is 4.95. The van der Waals surface area contributed by atoms with Gasteiger partial charge in [-0.15, -0.1) is 11.3 Å². The molecule has 0 radical (unpaired) electrons. The van der Waals surface area contributed by atoms with Gasteiger partial charge >= 0.3 is 5.97 Å². The van der Waals surface area contributed by atoms with Gasteiger partial charge in [-0.05, 0) is 48.0 Å². The third kappa shape index (κ3) is 7.58. The first-order chi connectivity index (χ1) is 14.4. The van der Waals surface area contributed by atoms with Crippen molar-refractivity contribution in [1.29, 1.82) is 0 Å². The third-order valence-electron chi connectivity index (χ3n) is 5.34. The SMILES string of the molecule is CCCCCCCC(=O)N(C)Cc1cc(-c2ccc(CC(NC)C(=O)O)cc2)cs1. The zero-order chi connectivity index (χ0) is 21.9. The minimum absolute atomic E-state index is 0.211. The number of amides is 1. The summed E-state index contributed by atoms with van der Waals surface area (Å²) in [6.07, 6.45) is 6.87. The Balaban J connectivity index is 1.88. The Morgan fingerprint density at radius 2 is 1.80 bits per heavy atom. The van der Waals surface area contributed by atoms with E-state index in [1.165, 1.54) is 19.3 Å². The summed E-state index contributed by atoms with van der Waals surface area (Å²) in [5.74, 6) is -0.632. The van der Waals surface area contributed by atoms with Crippen molar-refractivity contribution in [1.82, 2.24) is 10.2 Å². The molecule has 0 aliphatic rings. The number of thiophene rings is 1. The van der Waals surface area contributed by atoms with Crippen LogP contribution in [0, 0.1) is 0 Å². The van der Waals surface area contributed by atoms with Crippen LogP contribution in [-0.4, -0.2) is 42.0 Å². The standard InChI is InChI=1S/C24H34N2O3S/c1-4-5-6-7-8-9-23(27)26(3)16-21-15-20(17-30-21)19-12-10-18(11-13-19)14-22(25-2)24(28)29/h10-13,15,17,22,25H,4-9,14,16H2,1-3H3,(H,28,29). The lowest BCUT2D eigenvalue weighted by molar-refractivity contribution is -0.139. The molecule has 0 aliphatic heterocycles. The van der Waals surface area contributed by atoms with E-state index in [1.54, 1.807) is 18.4 Å². The van der Waals surface area contributed by atoms with E-state index in [-0.39, 0.29) is 5.91 Å². The van der Waals surface area contributed by atoms with Crippen LogP contribution in [0.4, 0.5) is 0 Å². The average molecular weight is 431 g/mol. The predicted molar refractivity (Wildman–Crippen MR) is 124 cm³/mol. The van der Waals surface area contributed by atoms with E-state index in [0.29, 0.717) is 19.4 Å². The van der Waals surface area contributed by atoms with E-state index in [9.17, 15) is 14.7 Å². The van der Waals surface area contributed by atoms with E-state index >= 15 is 0 Å². The number of unbranched alkanes of at least 4 members (excludes halogenated alkanes) is 4. The Kier molecular flexibility index (Phi) is 10.0. The van der Waals surface area contributed by atoms with E-state index in [4.69, 9.17) is 0 Å². The second kappa shape index (κ2) is 12.5. The molecule has 0 saturated carbocycles. The summed E-state index contributed by atoms with van der Waals surface area (Å²) in [5.41, 5.74) is 3.22. The fourth-order valence-corrected chi connectivity index (χ4v) is 4.33. The summed E-state index contributed by atoms with van der Waals surface area (Å²) in [7, 11) is 3.54. The van der Waals surface area contributed by atoms with Gasteiger partial charge in [0.25, 0.3) is 0 Å². The number of likely N-dealkylation sites (N-methyl/N-ethyl adjacent to an activating group) is 1. The van der Waals surface area contributed by atoms with Crippen molar-refractivity contribution in [3.05, 3.63) is 46.2 Å². The number of carbonyl (C=O) groups is 2. The smallest absolute Gasteiger partial charge is 0.321 e. The number of hydrogen-bond acceptors (Lipinski definition) is 4. The molecular weight excluding hydrogens is 396 g/mol. The largest absolute Gasteiger partial charge is 0.480 e. The topological polar surface area (TPSA) is 69.6 Å². The van der Waals surface area contributed by atoms with Crippen LogP contribution in [0.25, 0.3) is 11.1 Å². The number of hydrogen-bond donors (Lipinski definition) is 2. The molecule has 1 unspecified atom stereocenters. The lowest BCUT2D eigenvalue weighted by Crippen LogP contribution is -2.35. The van der Waals surface area contributed by atoms with Gasteiger partial charge in [-0.3, -0.25) is 9.59 Å². The molecule has 1 atom stereocenters. The summed E-state index contributed by atoms with van der Waals surface area (Å²) >= 11 is 1.67. The molecule has 0 aliphatic carbocycles. The number of benzene rings is 1. The van der Waals surface area contributed by atoms with Gasteiger partial charge in [-0.25, -0.2) is 0 Å². The highest BCUT2D eigenvalue weighted by molar-refractivity contribution is 7.10. The zero-order valence-electron chi connectivity index (χ0n) is 18.3. The van der Waals surface area contributed by atoms with Gasteiger partial charge in [-0.1, -0.05) is 56.9 Å². The number of carboxylic acid groups (broad SMARTS) is 1. The first-order valence-electron chi connectivity index (χ1n) is 10.7. The van der Waals surface area contributed by atoms with Crippen molar-refractivity contribution >= 4 is 23.2 Å². The molecule has 164 valence electrons. The van der Waals surface area contributed by atoms with Gasteiger partial charge in [0, 0.05) is 18.3 Å². The van der Waals surface area contributed by atoms with Gasteiger partial charge in [0.15, 0.2) is 0 Å². The molecule has 5 nitrogen and oxygen atoms in total. The van der Waals surface area contributed by atoms with Crippen LogP contribution in [0.1, 0.15) is 55.9 Å². The van der Waals surface area contributed by atoms with Crippen molar-refractivity contribution in [2.45, 2.75) is 64.5 Å². The number of nitrogens with zero attached hydrogens (tertiary/aromatic N) is 1. The summed E-state index contributed by atoms with van der Waals surface area (Å²) in [4.78, 5) is 26.5. The summed E-state index contributed by atoms with van der Waals surface area (Å²) in [5, 5.41) is 14.1. The highest BCUT2D eigenvalue weighted by Crippen LogP contribution is 2.27. The maximum Gasteiger partial charge on any atom is 0.321 e. The van der Waals surface area contributed by atoms with Crippen molar-refractivity contribution in [3.63, 3.8) is 0 Å². The van der Waals surface area contributed by atoms with Crippen LogP contribution in [0.2, 0.25) is 0 Å². The molecule has 0 spiro atoms. The average Bonchev–Trinajstić information content (AvgIpc) is 3.20. The summed E-state index contributed by atoms with van der Waals surface area (Å²) < 4.78 is 0. The first kappa shape index (κ1) is 24.1. The molecule has 1 amide bonds. The van der Waals surface area contributed by atoms with Crippen molar-refractivity contribution < 1.29 is 14.7 Å². The number of carboxylic acids is 1. The third-order valence-corrected chi connectivity index (χ3v) is 6.26. The lowest BCUT2D eigenvalue weighted by Gasteiger charge is -2.16. The highest BCUT2D eigenvalue weighted by Gasteiger charge is 2.15. The fraction of sp³-hybridized carbons (Fsp3) is 0.500. The molecule has 0 fully saturated rings. The maximum atomic E-state index is 12.3. The molecular formula is C24H34N2O3S. The quantitative estimate of drug-likeness (QED) is 0.441. The first-order valence-corrected chi connectivity index (χ1v) is 11.6. The van der Waals surface area contributed by atoms with Gasteiger partial charge < -0.3 is 15.3 Å². The van der Waals surface area contributed by atoms with E-state index in [1.807, 2.05) is 36.2 Å². The van der Waals surface area contributed by atoms with Crippen LogP contribution >= 0.6 is 11.3 Å². The van der Waals surface area contributed by atoms with Crippen molar-refractivity contribution in [2.24, 2.45) is 0 Å². The zero-order valence-corrected chi connectivity index (χ0v) is 19.1. The van der Waals surface area contributed by atoms with Crippen LogP contribution in [-0.2, 0) is 22.6 Å². The second-order valence-electron chi connectivity index (χ2n) is 7.80. The Morgan fingerprint density at radius 1 is 1.10 bits per heavy atom. The molecule has 2 N–H and O–H groups in total. The van der Waals surface area contributed by atoms with Crippen LogP contribution in [0.3, 0.4) is 0 Å². The second-order valence-corrected chi connectivity index (χ2v) is 8.79. The van der Waals surface area contributed by atoms with Crippen LogP contribution < -0.4 is 5.32 Å². The van der Waals surface area contributed by atoms with E-state index in [0.717, 1.165) is 34.4 Å². The van der Waals surface area contributed by atoms with E-state index in [2.05, 4.69) is 23.7 Å². The number of carbonyl (C=O) groups excluding carboxylic acids is 1. The molecule has 1 aromatic carbocycles. The van der Waals surface area contributed by atoms with Crippen molar-refractivity contribution in [2.75, 3.05) is 14.1 Å². The van der Waals surface area contributed by atoms with Crippen LogP contribution in [0.5, 0.6) is 0 Å². The molecule has 1 aromatic heterocycles. The Bertz CT molecular complexity index is 801. The molecule has 30 heavy (non-hydrogen) atoms. The summed E-state index contributed by atoms with van der Waals surface area (Å²) in [6, 6.07) is 9.57. The fourth-order valence-electron chi connectivity index (χ4n) is 3.39. The molecule has 0 saturated heterocycles. The normalized spacial score (nSPS) is 12.0. The minimum atomic E-state index is -0.844. The van der Waals surface area contributed by atoms with E-state index < -0.39 is 12.0 Å².